The van der Waals surface area contributed by atoms with E-state index in [4.69, 9.17) is 11.6 Å². The summed E-state index contributed by atoms with van der Waals surface area (Å²) < 4.78 is 0. The van der Waals surface area contributed by atoms with Gasteiger partial charge in [0.15, 0.2) is 5.54 Å². The lowest BCUT2D eigenvalue weighted by atomic mass is 9.82. The minimum Gasteiger partial charge on any atom is -0.507 e. The molecule has 34 heavy (non-hydrogen) atoms. The Morgan fingerprint density at radius 3 is 2.35 bits per heavy atom. The highest BCUT2D eigenvalue weighted by molar-refractivity contribution is 6.50. The smallest absolute Gasteiger partial charge is 0.296 e. The number of hydrogen-bond acceptors (Lipinski definition) is 5. The summed E-state index contributed by atoms with van der Waals surface area (Å²) in [5, 5.41) is 11.8. The van der Waals surface area contributed by atoms with Crippen molar-refractivity contribution in [2.45, 2.75) is 25.3 Å². The molecule has 2 aromatic rings. The van der Waals surface area contributed by atoms with E-state index in [2.05, 4.69) is 0 Å². The van der Waals surface area contributed by atoms with Gasteiger partial charge in [0.1, 0.15) is 5.76 Å². The Morgan fingerprint density at radius 1 is 1.03 bits per heavy atom. The van der Waals surface area contributed by atoms with E-state index in [-0.39, 0.29) is 17.9 Å². The van der Waals surface area contributed by atoms with Gasteiger partial charge in [0.25, 0.3) is 17.6 Å². The van der Waals surface area contributed by atoms with Crippen LogP contribution in [0.2, 0.25) is 5.02 Å². The summed E-state index contributed by atoms with van der Waals surface area (Å²) in [5.74, 6) is -2.42. The molecule has 1 fully saturated rings. The van der Waals surface area contributed by atoms with E-state index in [1.165, 1.54) is 4.90 Å². The highest BCUT2D eigenvalue weighted by atomic mass is 35.5. The zero-order valence-electron chi connectivity index (χ0n) is 19.5. The number of carbonyl (C=O) groups is 3. The van der Waals surface area contributed by atoms with Crippen LogP contribution in [0, 0.1) is 0 Å². The molecule has 178 valence electrons. The first-order valence-electron chi connectivity index (χ1n) is 11.4. The van der Waals surface area contributed by atoms with Gasteiger partial charge in [-0.1, -0.05) is 36.7 Å². The molecule has 0 aromatic heterocycles. The Hall–Kier alpha value is -3.16. The second-order valence-electron chi connectivity index (χ2n) is 8.86. The highest BCUT2D eigenvalue weighted by Crippen LogP contribution is 2.53. The summed E-state index contributed by atoms with van der Waals surface area (Å²) in [4.78, 5) is 46.0. The van der Waals surface area contributed by atoms with Crippen molar-refractivity contribution in [1.29, 1.82) is 0 Å². The number of halogens is 1. The third kappa shape index (κ3) is 3.60. The third-order valence-electron chi connectivity index (χ3n) is 6.36. The Kier molecular flexibility index (Phi) is 6.51. The van der Waals surface area contributed by atoms with Crippen LogP contribution >= 0.6 is 11.6 Å². The van der Waals surface area contributed by atoms with Gasteiger partial charge in [-0.3, -0.25) is 14.4 Å². The van der Waals surface area contributed by atoms with Gasteiger partial charge < -0.3 is 19.8 Å². The molecule has 2 heterocycles. The maximum absolute atomic E-state index is 14.2. The minimum atomic E-state index is -1.71. The van der Waals surface area contributed by atoms with Crippen molar-refractivity contribution in [1.82, 2.24) is 9.80 Å². The molecule has 2 aliphatic heterocycles. The minimum absolute atomic E-state index is 0.194. The number of Topliss-reactive ketones (excluding diaryl/α,β-unsaturated/α-hetero) is 1. The predicted octanol–water partition coefficient (Wildman–Crippen LogP) is 3.62. The lowest BCUT2D eigenvalue weighted by molar-refractivity contribution is -0.143. The maximum Gasteiger partial charge on any atom is 0.296 e. The first-order chi connectivity index (χ1) is 16.2. The zero-order valence-corrected chi connectivity index (χ0v) is 20.3. The number of ketones is 1. The van der Waals surface area contributed by atoms with Crippen molar-refractivity contribution in [2.75, 3.05) is 38.6 Å². The molecule has 4 rings (SSSR count). The lowest BCUT2D eigenvalue weighted by Crippen LogP contribution is -2.52. The summed E-state index contributed by atoms with van der Waals surface area (Å²) in [5.41, 5.74) is -0.408. The van der Waals surface area contributed by atoms with E-state index < -0.39 is 23.1 Å². The first kappa shape index (κ1) is 24.0. The Labute approximate surface area is 204 Å². The number of fused-ring (bicyclic) bond motifs is 2. The van der Waals surface area contributed by atoms with Gasteiger partial charge in [-0.25, -0.2) is 0 Å². The van der Waals surface area contributed by atoms with Crippen LogP contribution in [0.4, 0.5) is 5.69 Å². The van der Waals surface area contributed by atoms with E-state index in [1.54, 1.807) is 41.3 Å². The number of carbonyl (C=O) groups excluding carboxylic acids is 3. The Bertz CT molecular complexity index is 1170. The molecule has 2 amide bonds. The highest BCUT2D eigenvalue weighted by Gasteiger charge is 2.66. The van der Waals surface area contributed by atoms with Gasteiger partial charge in [-0.05, 0) is 63.8 Å². The quantitative estimate of drug-likeness (QED) is 0.371. The van der Waals surface area contributed by atoms with E-state index in [1.807, 2.05) is 38.1 Å². The van der Waals surface area contributed by atoms with Crippen molar-refractivity contribution in [2.24, 2.45) is 0 Å². The number of amides is 2. The van der Waals surface area contributed by atoms with Gasteiger partial charge >= 0.3 is 0 Å². The SMILES string of the molecule is CCCN1C(=O)C2(/C(=C(/O)c3ccc(Cl)cc3)C(=O)C(=O)N2CCCN(C)C)c2ccccc21. The van der Waals surface area contributed by atoms with Gasteiger partial charge in [0.2, 0.25) is 0 Å². The van der Waals surface area contributed by atoms with E-state index in [0.717, 1.165) is 0 Å². The van der Waals surface area contributed by atoms with Crippen molar-refractivity contribution in [3.8, 4) is 0 Å². The zero-order chi connectivity index (χ0) is 24.6. The second kappa shape index (κ2) is 9.24. The van der Waals surface area contributed by atoms with Crippen molar-refractivity contribution >= 4 is 40.6 Å². The molecular formula is C26H28ClN3O4. The second-order valence-corrected chi connectivity index (χ2v) is 9.29. The largest absolute Gasteiger partial charge is 0.507 e. The summed E-state index contributed by atoms with van der Waals surface area (Å²) in [6.07, 6.45) is 1.26. The van der Waals surface area contributed by atoms with Crippen molar-refractivity contribution in [3.05, 3.63) is 70.3 Å². The van der Waals surface area contributed by atoms with Crippen LogP contribution in [0.1, 0.15) is 30.9 Å². The molecule has 1 N–H and O–H groups in total. The molecule has 0 saturated carbocycles. The molecule has 1 atom stereocenters. The van der Waals surface area contributed by atoms with Gasteiger partial charge in [0.05, 0.1) is 11.3 Å². The molecule has 2 aromatic carbocycles. The van der Waals surface area contributed by atoms with Crippen LogP contribution in [0.15, 0.2) is 54.1 Å². The molecule has 1 saturated heterocycles. The fourth-order valence-electron chi connectivity index (χ4n) is 4.91. The number of anilines is 1. The number of benzene rings is 2. The number of likely N-dealkylation sites (tertiary alicyclic amines) is 1. The maximum atomic E-state index is 14.2. The van der Waals surface area contributed by atoms with Crippen LogP contribution in [-0.2, 0) is 19.9 Å². The Balaban J connectivity index is 1.99. The number of aliphatic hydroxyl groups excluding tert-OH is 1. The van der Waals surface area contributed by atoms with Crippen molar-refractivity contribution < 1.29 is 19.5 Å². The van der Waals surface area contributed by atoms with E-state index in [0.29, 0.717) is 47.8 Å². The molecule has 0 radical (unpaired) electrons. The van der Waals surface area contributed by atoms with E-state index in [9.17, 15) is 19.5 Å². The first-order valence-corrected chi connectivity index (χ1v) is 11.7. The number of nitrogens with zero attached hydrogens (tertiary/aromatic N) is 3. The fourth-order valence-corrected chi connectivity index (χ4v) is 5.04. The summed E-state index contributed by atoms with van der Waals surface area (Å²) in [6.45, 7) is 3.26. The van der Waals surface area contributed by atoms with Crippen LogP contribution < -0.4 is 4.90 Å². The molecule has 1 spiro atoms. The van der Waals surface area contributed by atoms with Crippen LogP contribution in [-0.4, -0.2) is 66.2 Å². The van der Waals surface area contributed by atoms with Crippen LogP contribution in [0.25, 0.3) is 5.76 Å². The Morgan fingerprint density at radius 2 is 1.71 bits per heavy atom. The monoisotopic (exact) mass is 481 g/mol. The molecule has 8 heteroatoms. The number of aliphatic hydroxyl groups is 1. The number of hydrogen-bond donors (Lipinski definition) is 1. The third-order valence-corrected chi connectivity index (χ3v) is 6.61. The summed E-state index contributed by atoms with van der Waals surface area (Å²) >= 11 is 6.01. The standard InChI is InChI=1S/C26H28ClN3O4/c1-4-14-29-20-9-6-5-8-19(20)26(25(29)34)21(22(31)17-10-12-18(27)13-11-17)23(32)24(33)30(26)16-7-15-28(2)3/h5-6,8-13,31H,4,7,14-16H2,1-3H3/b22-21+. The molecule has 0 aliphatic carbocycles. The molecule has 1 unspecified atom stereocenters. The van der Waals surface area contributed by atoms with Crippen LogP contribution in [0.3, 0.4) is 0 Å². The normalized spacial score (nSPS) is 21.3. The average Bonchev–Trinajstić information content (AvgIpc) is 3.18. The van der Waals surface area contributed by atoms with Crippen molar-refractivity contribution in [3.63, 3.8) is 0 Å². The lowest BCUT2D eigenvalue weighted by Gasteiger charge is -2.34. The predicted molar refractivity (Wildman–Crippen MR) is 132 cm³/mol. The summed E-state index contributed by atoms with van der Waals surface area (Å²) in [6, 6.07) is 13.5. The molecule has 2 aliphatic rings. The van der Waals surface area contributed by atoms with Gasteiger partial charge in [-0.2, -0.15) is 0 Å². The topological polar surface area (TPSA) is 81.2 Å². The average molecular weight is 482 g/mol. The van der Waals surface area contributed by atoms with E-state index >= 15 is 0 Å². The number of rotatable bonds is 7. The fraction of sp³-hybridized carbons (Fsp3) is 0.346. The van der Waals surface area contributed by atoms with Gasteiger partial charge in [-0.15, -0.1) is 0 Å². The molecule has 0 bridgehead atoms. The van der Waals surface area contributed by atoms with Crippen LogP contribution in [0.5, 0.6) is 0 Å². The molecule has 7 nitrogen and oxygen atoms in total. The molecular weight excluding hydrogens is 454 g/mol. The summed E-state index contributed by atoms with van der Waals surface area (Å²) in [7, 11) is 3.84. The number of para-hydroxylation sites is 1. The van der Waals surface area contributed by atoms with Gasteiger partial charge in [0, 0.05) is 29.2 Å².